The van der Waals surface area contributed by atoms with Crippen molar-refractivity contribution >= 4 is 11.9 Å². The summed E-state index contributed by atoms with van der Waals surface area (Å²) < 4.78 is 43.6. The van der Waals surface area contributed by atoms with Crippen LogP contribution in [-0.4, -0.2) is 152 Å². The second-order valence-electron chi connectivity index (χ2n) is 22.2. The number of hydrogen-bond acceptors (Lipinski definition) is 16. The van der Waals surface area contributed by atoms with Gasteiger partial charge in [0.25, 0.3) is 0 Å². The lowest BCUT2D eigenvalue weighted by Gasteiger charge is -2.65. The van der Waals surface area contributed by atoms with E-state index in [-0.39, 0.29) is 52.1 Å². The molecule has 16 nitrogen and oxygen atoms in total. The molecule has 0 amide bonds. The molecule has 2 spiro atoms. The largest absolute Gasteiger partial charge is 0.455 e. The number of hydrogen-bond donors (Lipinski definition) is 7. The van der Waals surface area contributed by atoms with Crippen molar-refractivity contribution in [3.8, 4) is 0 Å². The van der Waals surface area contributed by atoms with Crippen LogP contribution < -0.4 is 0 Å². The number of rotatable bonds is 9. The van der Waals surface area contributed by atoms with Crippen LogP contribution in [-0.2, 0) is 42.7 Å². The van der Waals surface area contributed by atoms with Gasteiger partial charge in [0.15, 0.2) is 24.8 Å². The van der Waals surface area contributed by atoms with Gasteiger partial charge in [-0.05, 0) is 117 Å². The maximum absolute atomic E-state index is 12.4. The number of aliphatic hydroxyl groups excluding tert-OH is 6. The Hall–Kier alpha value is -1.54. The first-order valence-corrected chi connectivity index (χ1v) is 22.6. The highest BCUT2D eigenvalue weighted by molar-refractivity contribution is 5.67. The number of esters is 2. The second kappa shape index (κ2) is 15.3. The van der Waals surface area contributed by atoms with Gasteiger partial charge in [0.05, 0.1) is 48.8 Å². The minimum Gasteiger partial charge on any atom is -0.455 e. The van der Waals surface area contributed by atoms with Crippen molar-refractivity contribution in [2.75, 3.05) is 13.2 Å². The van der Waals surface area contributed by atoms with E-state index in [4.69, 9.17) is 33.2 Å². The van der Waals surface area contributed by atoms with Gasteiger partial charge in [-0.2, -0.15) is 0 Å². The average Bonchev–Trinajstić information content (AvgIpc) is 3.52. The number of ether oxygens (including phenoxy) is 7. The van der Waals surface area contributed by atoms with E-state index in [1.807, 2.05) is 0 Å². The van der Waals surface area contributed by atoms with E-state index in [1.165, 1.54) is 13.8 Å². The van der Waals surface area contributed by atoms with Crippen molar-refractivity contribution in [1.29, 1.82) is 0 Å². The summed E-state index contributed by atoms with van der Waals surface area (Å²) in [6.45, 7) is 16.1. The van der Waals surface area contributed by atoms with Crippen LogP contribution in [0.25, 0.3) is 0 Å². The molecule has 348 valence electrons. The quantitative estimate of drug-likeness (QED) is 0.129. The molecule has 21 atom stereocenters. The summed E-state index contributed by atoms with van der Waals surface area (Å²) in [6.07, 6.45) is -7.80. The highest BCUT2D eigenvalue weighted by Crippen LogP contribution is 2.89. The highest BCUT2D eigenvalue weighted by atomic mass is 16.7. The van der Waals surface area contributed by atoms with Gasteiger partial charge < -0.3 is 68.9 Å². The smallest absolute Gasteiger partial charge is 0.303 e. The van der Waals surface area contributed by atoms with Crippen LogP contribution in [0.4, 0.5) is 0 Å². The lowest BCUT2D eigenvalue weighted by Crippen LogP contribution is -2.65. The third-order valence-corrected chi connectivity index (χ3v) is 18.2. The number of carbonyl (C=O) groups is 2. The third kappa shape index (κ3) is 6.89. The first kappa shape index (κ1) is 46.0. The molecule has 61 heavy (non-hydrogen) atoms. The van der Waals surface area contributed by atoms with Gasteiger partial charge in [-0.3, -0.25) is 9.59 Å². The van der Waals surface area contributed by atoms with E-state index < -0.39 is 109 Å². The molecule has 8 rings (SSSR count). The van der Waals surface area contributed by atoms with Gasteiger partial charge in [0, 0.05) is 19.8 Å². The van der Waals surface area contributed by atoms with Crippen LogP contribution in [0.5, 0.6) is 0 Å². The van der Waals surface area contributed by atoms with Crippen LogP contribution in [0.15, 0.2) is 0 Å². The summed E-state index contributed by atoms with van der Waals surface area (Å²) in [5, 5.41) is 77.1. The van der Waals surface area contributed by atoms with Crippen LogP contribution in [0.2, 0.25) is 0 Å². The van der Waals surface area contributed by atoms with Gasteiger partial charge in [-0.15, -0.1) is 0 Å². The first-order valence-electron chi connectivity index (χ1n) is 22.6. The van der Waals surface area contributed by atoms with Crippen molar-refractivity contribution in [3.63, 3.8) is 0 Å². The molecule has 16 heteroatoms. The van der Waals surface area contributed by atoms with Gasteiger partial charge in [0.1, 0.15) is 30.5 Å². The van der Waals surface area contributed by atoms with Crippen molar-refractivity contribution in [1.82, 2.24) is 0 Å². The average molecular weight is 869 g/mol. The Morgan fingerprint density at radius 1 is 0.754 bits per heavy atom. The van der Waals surface area contributed by atoms with E-state index >= 15 is 0 Å². The summed E-state index contributed by atoms with van der Waals surface area (Å²) in [5.41, 5.74) is -3.46. The molecule has 8 aliphatic rings. The van der Waals surface area contributed by atoms with Gasteiger partial charge in [-0.1, -0.05) is 27.7 Å². The summed E-state index contributed by atoms with van der Waals surface area (Å²) in [5.74, 6) is -1.67. The summed E-state index contributed by atoms with van der Waals surface area (Å²) in [6, 6.07) is 0. The predicted octanol–water partition coefficient (Wildman–Crippen LogP) is 1.87. The zero-order valence-corrected chi connectivity index (χ0v) is 37.3. The Morgan fingerprint density at radius 2 is 1.43 bits per heavy atom. The molecule has 5 aliphatic carbocycles. The van der Waals surface area contributed by atoms with Gasteiger partial charge in [0.2, 0.25) is 0 Å². The van der Waals surface area contributed by atoms with Gasteiger partial charge in [-0.25, -0.2) is 0 Å². The molecule has 16 unspecified atom stereocenters. The second-order valence-corrected chi connectivity index (χ2v) is 22.2. The third-order valence-electron chi connectivity index (χ3n) is 18.2. The minimum absolute atomic E-state index is 0.0638. The number of carbonyl (C=O) groups excluding carboxylic acids is 2. The fourth-order valence-corrected chi connectivity index (χ4v) is 15.5. The van der Waals surface area contributed by atoms with E-state index in [0.29, 0.717) is 25.7 Å². The van der Waals surface area contributed by atoms with Crippen molar-refractivity contribution in [3.05, 3.63) is 0 Å². The van der Waals surface area contributed by atoms with E-state index in [1.54, 1.807) is 13.8 Å². The molecule has 3 heterocycles. The lowest BCUT2D eigenvalue weighted by molar-refractivity contribution is -0.339. The topological polar surface area (TPSA) is 240 Å². The SMILES string of the molecule is CC(=O)OC1C(O)COC(O[C@H]2CCC34CC35CC[C@]3(C)C(C6(C)CCC(C(C)(C)O)O6)[C@@H](O)C[C@@]3(C)C5C[C@H](OC3OC(CO)C(O)C(O)C3O)C4C2(C)C)C1OC(C)=O. The molecule has 0 aromatic heterocycles. The molecule has 3 saturated heterocycles. The predicted molar refractivity (Wildman–Crippen MR) is 213 cm³/mol. The number of fused-ring (bicyclic) bond motifs is 2. The Balaban J connectivity index is 1.15. The fourth-order valence-electron chi connectivity index (χ4n) is 15.5. The van der Waals surface area contributed by atoms with Crippen LogP contribution in [0.3, 0.4) is 0 Å². The highest BCUT2D eigenvalue weighted by Gasteiger charge is 2.85. The normalized spacial score (nSPS) is 53.8. The van der Waals surface area contributed by atoms with E-state index in [9.17, 15) is 45.3 Å². The minimum atomic E-state index is -1.63. The monoisotopic (exact) mass is 868 g/mol. The van der Waals surface area contributed by atoms with Crippen molar-refractivity contribution in [2.45, 2.75) is 211 Å². The molecule has 7 N–H and O–H groups in total. The maximum atomic E-state index is 12.4. The molecule has 3 aliphatic heterocycles. The van der Waals surface area contributed by atoms with Crippen LogP contribution in [0.1, 0.15) is 120 Å². The molecule has 0 aromatic rings. The molecule has 8 fully saturated rings. The zero-order valence-electron chi connectivity index (χ0n) is 37.3. The number of aliphatic hydroxyl groups is 7. The molecule has 5 saturated carbocycles. The van der Waals surface area contributed by atoms with E-state index in [0.717, 1.165) is 32.1 Å². The molecular formula is C45H72O16. The molecule has 0 bridgehead atoms. The van der Waals surface area contributed by atoms with E-state index in [2.05, 4.69) is 34.6 Å². The molecule has 0 radical (unpaired) electrons. The standard InChI is InChI=1S/C45H72O16/c1-21(47)56-33-24(50)19-55-38(34(33)57-22(2)48)60-28-11-13-45-20-44(45)15-14-41(7)35(43(9)12-10-29(61-43)40(5,6)54)23(49)17-42(41,8)27(44)16-25(36(45)39(28,3)4)58-37-32(53)31(52)30(51)26(18-46)59-37/h23-38,46,49-54H,10-20H2,1-9H3/t23-,24?,25-,26?,27?,28-,29?,30?,31?,32?,33?,34?,35?,36?,37?,38?,41+,42-,43?,44?,45?/m0/s1. The lowest BCUT2D eigenvalue weighted by atomic mass is 9.41. The van der Waals surface area contributed by atoms with Crippen LogP contribution >= 0.6 is 0 Å². The summed E-state index contributed by atoms with van der Waals surface area (Å²) in [4.78, 5) is 24.5. The summed E-state index contributed by atoms with van der Waals surface area (Å²) >= 11 is 0. The van der Waals surface area contributed by atoms with Gasteiger partial charge >= 0.3 is 11.9 Å². The van der Waals surface area contributed by atoms with Crippen molar-refractivity contribution < 1.29 is 78.5 Å². The summed E-state index contributed by atoms with van der Waals surface area (Å²) in [7, 11) is 0. The van der Waals surface area contributed by atoms with Crippen molar-refractivity contribution in [2.24, 2.45) is 44.8 Å². The molecular weight excluding hydrogens is 796 g/mol. The zero-order chi connectivity index (χ0) is 44.6. The maximum Gasteiger partial charge on any atom is 0.303 e. The molecule has 0 aromatic carbocycles. The Kier molecular flexibility index (Phi) is 11.5. The Bertz CT molecular complexity index is 1680. The first-order chi connectivity index (χ1) is 28.3. The Labute approximate surface area is 358 Å². The Morgan fingerprint density at radius 3 is 2.05 bits per heavy atom. The van der Waals surface area contributed by atoms with Crippen LogP contribution in [0, 0.1) is 44.8 Å². The fraction of sp³-hybridized carbons (Fsp3) is 0.956.